The van der Waals surface area contributed by atoms with E-state index in [1.165, 1.54) is 6.42 Å². The van der Waals surface area contributed by atoms with E-state index >= 15 is 0 Å². The largest absolute Gasteiger partial charge is 0.492 e. The Bertz CT molecular complexity index is 377. The van der Waals surface area contributed by atoms with E-state index in [-0.39, 0.29) is 6.04 Å². The van der Waals surface area contributed by atoms with Gasteiger partial charge in [0.15, 0.2) is 0 Å². The highest BCUT2D eigenvalue weighted by Crippen LogP contribution is 2.27. The predicted molar refractivity (Wildman–Crippen MR) is 78.2 cm³/mol. The van der Waals surface area contributed by atoms with Crippen LogP contribution < -0.4 is 10.5 Å². The normalized spacial score (nSPS) is 12.2. The molecule has 1 aromatic rings. The summed E-state index contributed by atoms with van der Waals surface area (Å²) in [5.41, 5.74) is 6.82. The molecule has 0 saturated heterocycles. The van der Waals surface area contributed by atoms with Gasteiger partial charge in [0.1, 0.15) is 5.75 Å². The van der Waals surface area contributed by atoms with E-state index in [0.717, 1.165) is 30.6 Å². The lowest BCUT2D eigenvalue weighted by atomic mass is 10.1. The van der Waals surface area contributed by atoms with Crippen molar-refractivity contribution in [2.75, 3.05) is 6.61 Å². The minimum absolute atomic E-state index is 0.00421. The number of benzene rings is 1. The van der Waals surface area contributed by atoms with Crippen LogP contribution in [0.5, 0.6) is 5.75 Å². The molecule has 0 unspecified atom stereocenters. The third kappa shape index (κ3) is 5.11. The van der Waals surface area contributed by atoms with E-state index in [1.807, 2.05) is 31.2 Å². The molecule has 2 nitrogen and oxygen atoms in total. The molecular formula is C15H22ClNO. The molecule has 1 atom stereocenters. The fraction of sp³-hybridized carbons (Fsp3) is 0.467. The van der Waals surface area contributed by atoms with Crippen LogP contribution in [0.25, 0.3) is 0 Å². The molecule has 0 fully saturated rings. The van der Waals surface area contributed by atoms with Gasteiger partial charge < -0.3 is 10.5 Å². The van der Waals surface area contributed by atoms with E-state index in [9.17, 15) is 0 Å². The third-order valence-corrected chi connectivity index (χ3v) is 3.09. The maximum atomic E-state index is 6.14. The minimum atomic E-state index is -0.00421. The lowest BCUT2D eigenvalue weighted by molar-refractivity contribution is 0.305. The molecule has 0 heterocycles. The van der Waals surface area contributed by atoms with Crippen molar-refractivity contribution in [1.82, 2.24) is 0 Å². The summed E-state index contributed by atoms with van der Waals surface area (Å²) in [5.74, 6) is 0.741. The molecule has 18 heavy (non-hydrogen) atoms. The van der Waals surface area contributed by atoms with Gasteiger partial charge in [0.2, 0.25) is 0 Å². The minimum Gasteiger partial charge on any atom is -0.492 e. The Kier molecular flexibility index (Phi) is 6.84. The molecule has 0 radical (unpaired) electrons. The summed E-state index contributed by atoms with van der Waals surface area (Å²) in [7, 11) is 0. The van der Waals surface area contributed by atoms with Gasteiger partial charge in [-0.15, -0.1) is 6.58 Å². The second kappa shape index (κ2) is 8.17. The Hall–Kier alpha value is -0.990. The van der Waals surface area contributed by atoms with Crippen LogP contribution >= 0.6 is 11.6 Å². The van der Waals surface area contributed by atoms with Gasteiger partial charge in [0, 0.05) is 6.04 Å². The molecule has 0 aliphatic carbocycles. The average molecular weight is 268 g/mol. The second-order valence-corrected chi connectivity index (χ2v) is 4.87. The third-order valence-electron chi connectivity index (χ3n) is 2.79. The van der Waals surface area contributed by atoms with Crippen molar-refractivity contribution in [3.8, 4) is 5.75 Å². The van der Waals surface area contributed by atoms with Crippen LogP contribution in [0.15, 0.2) is 30.9 Å². The number of rotatable bonds is 8. The van der Waals surface area contributed by atoms with Gasteiger partial charge in [-0.3, -0.25) is 0 Å². The second-order valence-electron chi connectivity index (χ2n) is 4.47. The number of unbranched alkanes of at least 4 members (excludes halogenated alkanes) is 3. The van der Waals surface area contributed by atoms with Crippen LogP contribution in [0.1, 0.15) is 44.2 Å². The maximum Gasteiger partial charge on any atom is 0.137 e. The summed E-state index contributed by atoms with van der Waals surface area (Å²) < 4.78 is 5.65. The van der Waals surface area contributed by atoms with Gasteiger partial charge in [-0.05, 0) is 50.3 Å². The highest BCUT2D eigenvalue weighted by atomic mass is 35.5. The lowest BCUT2D eigenvalue weighted by Crippen LogP contribution is -2.05. The van der Waals surface area contributed by atoms with Crippen LogP contribution in [0, 0.1) is 0 Å². The average Bonchev–Trinajstić information content (AvgIpc) is 2.35. The molecule has 0 amide bonds. The van der Waals surface area contributed by atoms with Crippen molar-refractivity contribution in [1.29, 1.82) is 0 Å². The van der Waals surface area contributed by atoms with Crippen molar-refractivity contribution in [3.05, 3.63) is 41.4 Å². The Morgan fingerprint density at radius 2 is 2.17 bits per heavy atom. The Morgan fingerprint density at radius 3 is 2.78 bits per heavy atom. The molecule has 0 aromatic heterocycles. The SMILES string of the molecule is C=CCCCCCOc1ccc([C@H](C)N)cc1Cl. The number of hydrogen-bond acceptors (Lipinski definition) is 2. The molecule has 100 valence electrons. The van der Waals surface area contributed by atoms with Crippen LogP contribution in [0.4, 0.5) is 0 Å². The highest BCUT2D eigenvalue weighted by Gasteiger charge is 2.05. The summed E-state index contributed by atoms with van der Waals surface area (Å²) in [6.07, 6.45) is 6.39. The zero-order valence-corrected chi connectivity index (χ0v) is 11.7. The monoisotopic (exact) mass is 267 g/mol. The Morgan fingerprint density at radius 1 is 1.39 bits per heavy atom. The van der Waals surface area contributed by atoms with Crippen LogP contribution in [0.3, 0.4) is 0 Å². The zero-order chi connectivity index (χ0) is 13.4. The summed E-state index contributed by atoms with van der Waals surface area (Å²) in [6, 6.07) is 5.73. The summed E-state index contributed by atoms with van der Waals surface area (Å²) in [6.45, 7) is 6.34. The first-order chi connectivity index (χ1) is 8.65. The quantitative estimate of drug-likeness (QED) is 0.557. The van der Waals surface area contributed by atoms with Crippen LogP contribution in [0.2, 0.25) is 5.02 Å². The van der Waals surface area contributed by atoms with Crippen molar-refractivity contribution < 1.29 is 4.74 Å². The standard InChI is InChI=1S/C15H22ClNO/c1-3-4-5-6-7-10-18-15-9-8-13(12(2)17)11-14(15)16/h3,8-9,11-12H,1,4-7,10,17H2,2H3/t12-/m0/s1. The van der Waals surface area contributed by atoms with Gasteiger partial charge in [-0.2, -0.15) is 0 Å². The molecule has 0 bridgehead atoms. The number of ether oxygens (including phenoxy) is 1. The number of allylic oxidation sites excluding steroid dienone is 1. The first kappa shape index (κ1) is 15.1. The first-order valence-electron chi connectivity index (χ1n) is 6.44. The van der Waals surface area contributed by atoms with Crippen molar-refractivity contribution >= 4 is 11.6 Å². The Labute approximate surface area is 115 Å². The topological polar surface area (TPSA) is 35.2 Å². The molecular weight excluding hydrogens is 246 g/mol. The van der Waals surface area contributed by atoms with E-state index < -0.39 is 0 Å². The van der Waals surface area contributed by atoms with Crippen LogP contribution in [-0.4, -0.2) is 6.61 Å². The first-order valence-corrected chi connectivity index (χ1v) is 6.81. The molecule has 1 aromatic carbocycles. The van der Waals surface area contributed by atoms with Gasteiger partial charge in [0.05, 0.1) is 11.6 Å². The molecule has 1 rings (SSSR count). The number of nitrogens with two attached hydrogens (primary N) is 1. The fourth-order valence-corrected chi connectivity index (χ4v) is 1.91. The smallest absolute Gasteiger partial charge is 0.137 e. The van der Waals surface area contributed by atoms with E-state index in [1.54, 1.807) is 0 Å². The predicted octanol–water partition coefficient (Wildman–Crippen LogP) is 4.48. The number of halogens is 1. The van der Waals surface area contributed by atoms with Gasteiger partial charge in [-0.1, -0.05) is 23.7 Å². The van der Waals surface area contributed by atoms with E-state index in [0.29, 0.717) is 11.6 Å². The zero-order valence-electron chi connectivity index (χ0n) is 11.0. The fourth-order valence-electron chi connectivity index (χ4n) is 1.67. The van der Waals surface area contributed by atoms with Crippen LogP contribution in [-0.2, 0) is 0 Å². The van der Waals surface area contributed by atoms with E-state index in [4.69, 9.17) is 22.1 Å². The van der Waals surface area contributed by atoms with Crippen molar-refractivity contribution in [2.45, 2.75) is 38.6 Å². The van der Waals surface area contributed by atoms with E-state index in [2.05, 4.69) is 6.58 Å². The summed E-state index contributed by atoms with van der Waals surface area (Å²) >= 11 is 6.14. The molecule has 0 aliphatic heterocycles. The van der Waals surface area contributed by atoms with Gasteiger partial charge in [0.25, 0.3) is 0 Å². The maximum absolute atomic E-state index is 6.14. The molecule has 0 saturated carbocycles. The summed E-state index contributed by atoms with van der Waals surface area (Å²) in [5, 5.41) is 0.635. The Balaban J connectivity index is 2.36. The highest BCUT2D eigenvalue weighted by molar-refractivity contribution is 6.32. The molecule has 3 heteroatoms. The summed E-state index contributed by atoms with van der Waals surface area (Å²) in [4.78, 5) is 0. The van der Waals surface area contributed by atoms with Crippen molar-refractivity contribution in [3.63, 3.8) is 0 Å². The molecule has 0 aliphatic rings. The van der Waals surface area contributed by atoms with Crippen molar-refractivity contribution in [2.24, 2.45) is 5.73 Å². The number of hydrogen-bond donors (Lipinski definition) is 1. The molecule has 0 spiro atoms. The molecule has 2 N–H and O–H groups in total. The van der Waals surface area contributed by atoms with Gasteiger partial charge >= 0.3 is 0 Å². The van der Waals surface area contributed by atoms with Gasteiger partial charge in [-0.25, -0.2) is 0 Å². The lowest BCUT2D eigenvalue weighted by Gasteiger charge is -2.11.